The number of halogens is 2. The minimum Gasteiger partial charge on any atom is -0.288 e. The van der Waals surface area contributed by atoms with Gasteiger partial charge in [-0.05, 0) is 48.2 Å². The van der Waals surface area contributed by atoms with E-state index in [0.29, 0.717) is 12.8 Å². The molecule has 0 aromatic heterocycles. The molecule has 2 atom stereocenters. The summed E-state index contributed by atoms with van der Waals surface area (Å²) in [6.07, 6.45) is -0.136. The molecule has 0 amide bonds. The number of benzene rings is 1. The number of hydrogen-bond donors (Lipinski definition) is 0. The maximum Gasteiger partial charge on any atom is 0.424 e. The average Bonchev–Trinajstić information content (AvgIpc) is 2.59. The molecule has 0 saturated heterocycles. The van der Waals surface area contributed by atoms with Gasteiger partial charge in [-0.3, -0.25) is 19.4 Å². The van der Waals surface area contributed by atoms with Gasteiger partial charge in [0.15, 0.2) is 0 Å². The summed E-state index contributed by atoms with van der Waals surface area (Å²) in [6.45, 7) is 3.31. The predicted molar refractivity (Wildman–Crippen MR) is 88.8 cm³/mol. The van der Waals surface area contributed by atoms with E-state index in [1.54, 1.807) is 13.8 Å². The molecule has 0 fully saturated rings. The van der Waals surface area contributed by atoms with E-state index in [-0.39, 0.29) is 0 Å². The molecule has 0 aliphatic carbocycles. The lowest BCUT2D eigenvalue weighted by atomic mass is 10.0. The normalized spacial score (nSPS) is 12.8. The molecule has 0 bridgehead atoms. The standard InChI is InChI=1S/C16H16Cl2O8/c1-9(23-25-15(21)13(17)19)7-11-3-5-12(6-4-11)8-10(2)24-26-16(22)14(18)20/h3-6,9-10H,7-8H2,1-2H3. The van der Waals surface area contributed by atoms with Gasteiger partial charge < -0.3 is 0 Å². The van der Waals surface area contributed by atoms with Crippen molar-refractivity contribution >= 4 is 45.6 Å². The highest BCUT2D eigenvalue weighted by atomic mass is 35.5. The zero-order chi connectivity index (χ0) is 19.7. The Morgan fingerprint density at radius 2 is 1.08 bits per heavy atom. The van der Waals surface area contributed by atoms with Gasteiger partial charge >= 0.3 is 22.4 Å². The quantitative estimate of drug-likeness (QED) is 0.251. The van der Waals surface area contributed by atoms with Gasteiger partial charge in [0.25, 0.3) is 0 Å². The number of hydrogen-bond acceptors (Lipinski definition) is 8. The van der Waals surface area contributed by atoms with E-state index in [1.807, 2.05) is 24.3 Å². The topological polar surface area (TPSA) is 105 Å². The van der Waals surface area contributed by atoms with Crippen LogP contribution in [0.4, 0.5) is 0 Å². The van der Waals surface area contributed by atoms with Crippen molar-refractivity contribution in [3.05, 3.63) is 35.4 Å². The fraction of sp³-hybridized carbons (Fsp3) is 0.375. The van der Waals surface area contributed by atoms with Crippen LogP contribution in [0, 0.1) is 0 Å². The van der Waals surface area contributed by atoms with Crippen LogP contribution in [0.5, 0.6) is 0 Å². The van der Waals surface area contributed by atoms with Gasteiger partial charge in [0.2, 0.25) is 0 Å². The zero-order valence-corrected chi connectivity index (χ0v) is 15.4. The summed E-state index contributed by atoms with van der Waals surface area (Å²) in [6, 6.07) is 7.30. The van der Waals surface area contributed by atoms with Crippen LogP contribution in [-0.2, 0) is 51.6 Å². The van der Waals surface area contributed by atoms with Crippen molar-refractivity contribution in [2.45, 2.75) is 38.9 Å². The molecule has 142 valence electrons. The number of rotatable bonds is 10. The van der Waals surface area contributed by atoms with Gasteiger partial charge in [-0.25, -0.2) is 9.59 Å². The smallest absolute Gasteiger partial charge is 0.288 e. The molecule has 1 rings (SSSR count). The first kappa shape index (κ1) is 22.0. The Hall–Kier alpha value is -2.00. The van der Waals surface area contributed by atoms with Gasteiger partial charge in [-0.1, -0.05) is 24.3 Å². The van der Waals surface area contributed by atoms with Crippen molar-refractivity contribution in [2.24, 2.45) is 0 Å². The molecule has 26 heavy (non-hydrogen) atoms. The van der Waals surface area contributed by atoms with Crippen molar-refractivity contribution in [2.75, 3.05) is 0 Å². The Balaban J connectivity index is 2.42. The summed E-state index contributed by atoms with van der Waals surface area (Å²) in [5.41, 5.74) is 1.78. The molecule has 1 aromatic rings. The fourth-order valence-electron chi connectivity index (χ4n) is 1.86. The third-order valence-electron chi connectivity index (χ3n) is 2.97. The van der Waals surface area contributed by atoms with Crippen molar-refractivity contribution in [1.29, 1.82) is 0 Å². The summed E-state index contributed by atoms with van der Waals surface area (Å²) in [4.78, 5) is 60.9. The minimum atomic E-state index is -1.28. The van der Waals surface area contributed by atoms with Crippen LogP contribution >= 0.6 is 23.2 Å². The first-order chi connectivity index (χ1) is 12.2. The average molecular weight is 407 g/mol. The van der Waals surface area contributed by atoms with E-state index in [2.05, 4.69) is 9.78 Å². The molecule has 8 nitrogen and oxygen atoms in total. The van der Waals surface area contributed by atoms with Gasteiger partial charge in [0, 0.05) is 12.8 Å². The van der Waals surface area contributed by atoms with Crippen LogP contribution in [0.1, 0.15) is 25.0 Å². The van der Waals surface area contributed by atoms with Crippen LogP contribution in [-0.4, -0.2) is 34.6 Å². The van der Waals surface area contributed by atoms with Crippen molar-refractivity contribution < 1.29 is 38.7 Å². The lowest BCUT2D eigenvalue weighted by Gasteiger charge is -2.12. The molecule has 0 aliphatic heterocycles. The van der Waals surface area contributed by atoms with E-state index in [0.717, 1.165) is 11.1 Å². The molecule has 0 heterocycles. The molecule has 0 spiro atoms. The summed E-state index contributed by atoms with van der Waals surface area (Å²) in [7, 11) is 0. The number of carbonyl (C=O) groups is 4. The van der Waals surface area contributed by atoms with E-state index in [4.69, 9.17) is 33.0 Å². The van der Waals surface area contributed by atoms with Crippen molar-refractivity contribution in [1.82, 2.24) is 0 Å². The molecular formula is C16H16Cl2O8. The highest BCUT2D eigenvalue weighted by Gasteiger charge is 2.17. The second kappa shape index (κ2) is 10.9. The molecule has 0 aliphatic rings. The Kier molecular flexibility index (Phi) is 9.22. The first-order valence-electron chi connectivity index (χ1n) is 7.41. The third-order valence-corrected chi connectivity index (χ3v) is 3.28. The fourth-order valence-corrected chi connectivity index (χ4v) is 1.92. The summed E-state index contributed by atoms with van der Waals surface area (Å²) in [5.74, 6) is -2.56. The maximum atomic E-state index is 10.9. The van der Waals surface area contributed by atoms with Gasteiger partial charge in [0.1, 0.15) is 12.2 Å². The van der Waals surface area contributed by atoms with Crippen molar-refractivity contribution in [3.8, 4) is 0 Å². The highest BCUT2D eigenvalue weighted by molar-refractivity contribution is 6.80. The van der Waals surface area contributed by atoms with Gasteiger partial charge in [0.05, 0.1) is 0 Å². The molecule has 0 radical (unpaired) electrons. The Morgan fingerprint density at radius 3 is 1.35 bits per heavy atom. The lowest BCUT2D eigenvalue weighted by molar-refractivity contribution is -0.290. The van der Waals surface area contributed by atoms with Crippen LogP contribution in [0.3, 0.4) is 0 Å². The summed E-state index contributed by atoms with van der Waals surface area (Å²) < 4.78 is 0. The summed E-state index contributed by atoms with van der Waals surface area (Å²) in [5, 5.41) is -2.53. The maximum absolute atomic E-state index is 10.9. The van der Waals surface area contributed by atoms with Crippen LogP contribution in [0.15, 0.2) is 24.3 Å². The third kappa shape index (κ3) is 8.39. The second-order valence-corrected chi connectivity index (χ2v) is 6.01. The van der Waals surface area contributed by atoms with Crippen LogP contribution in [0.2, 0.25) is 0 Å². The Morgan fingerprint density at radius 1 is 0.769 bits per heavy atom. The molecule has 10 heteroatoms. The Labute approximate surface area is 159 Å². The molecule has 2 unspecified atom stereocenters. The monoisotopic (exact) mass is 406 g/mol. The lowest BCUT2D eigenvalue weighted by Crippen LogP contribution is -2.19. The highest BCUT2D eigenvalue weighted by Crippen LogP contribution is 2.12. The SMILES string of the molecule is CC(Cc1ccc(CC(C)OOC(=O)C(=O)Cl)cc1)OOC(=O)C(=O)Cl. The van der Waals surface area contributed by atoms with E-state index >= 15 is 0 Å². The zero-order valence-electron chi connectivity index (χ0n) is 13.9. The molecule has 1 aromatic carbocycles. The predicted octanol–water partition coefficient (Wildman–Crippen LogP) is 2.03. The minimum absolute atomic E-state index is 0.422. The van der Waals surface area contributed by atoms with Crippen LogP contribution in [0.25, 0.3) is 0 Å². The molecule has 0 saturated carbocycles. The van der Waals surface area contributed by atoms with E-state index < -0.39 is 34.6 Å². The first-order valence-corrected chi connectivity index (χ1v) is 8.16. The van der Waals surface area contributed by atoms with Gasteiger partial charge in [-0.15, -0.1) is 0 Å². The Bertz CT molecular complexity index is 602. The van der Waals surface area contributed by atoms with Crippen molar-refractivity contribution in [3.63, 3.8) is 0 Å². The van der Waals surface area contributed by atoms with E-state index in [9.17, 15) is 19.2 Å². The van der Waals surface area contributed by atoms with E-state index in [1.165, 1.54) is 0 Å². The van der Waals surface area contributed by atoms with Gasteiger partial charge in [-0.2, -0.15) is 9.78 Å². The summed E-state index contributed by atoms with van der Waals surface area (Å²) >= 11 is 9.86. The largest absolute Gasteiger partial charge is 0.424 e. The molecular weight excluding hydrogens is 391 g/mol. The number of carbonyl (C=O) groups excluding carboxylic acids is 4. The van der Waals surface area contributed by atoms with Crippen LogP contribution < -0.4 is 0 Å². The second-order valence-electron chi connectivity index (χ2n) is 5.33. The molecule has 0 N–H and O–H groups in total.